The van der Waals surface area contributed by atoms with Gasteiger partial charge in [0.1, 0.15) is 12.1 Å². The first kappa shape index (κ1) is 27.2. The first-order chi connectivity index (χ1) is 14.5. The molecule has 0 bridgehead atoms. The number of aliphatic hydroxyl groups excluding tert-OH is 1. The molecule has 1 heterocycles. The topological polar surface area (TPSA) is 162 Å². The number of aliphatic carboxylic acids is 1. The van der Waals surface area contributed by atoms with E-state index in [2.05, 4.69) is 10.6 Å². The van der Waals surface area contributed by atoms with Crippen LogP contribution in [0.15, 0.2) is 0 Å². The van der Waals surface area contributed by atoms with Crippen LogP contribution in [0.1, 0.15) is 46.5 Å². The van der Waals surface area contributed by atoms with Gasteiger partial charge in [-0.05, 0) is 50.5 Å². The maximum atomic E-state index is 13.2. The lowest BCUT2D eigenvalue weighted by Gasteiger charge is -2.30. The Morgan fingerprint density at radius 1 is 1.19 bits per heavy atom. The number of nitrogens with zero attached hydrogens (tertiary/aromatic N) is 1. The van der Waals surface area contributed by atoms with E-state index in [0.717, 1.165) is 0 Å². The van der Waals surface area contributed by atoms with Gasteiger partial charge in [-0.2, -0.15) is 11.8 Å². The number of aliphatic hydroxyl groups is 1. The fourth-order valence-electron chi connectivity index (χ4n) is 3.53. The highest BCUT2D eigenvalue weighted by Gasteiger charge is 2.39. The molecule has 6 N–H and O–H groups in total. The average molecular weight is 461 g/mol. The zero-order valence-corrected chi connectivity index (χ0v) is 19.5. The van der Waals surface area contributed by atoms with E-state index in [1.54, 1.807) is 0 Å². The molecule has 11 heteroatoms. The van der Waals surface area contributed by atoms with Crippen LogP contribution >= 0.6 is 11.8 Å². The van der Waals surface area contributed by atoms with Gasteiger partial charge in [0.15, 0.2) is 6.04 Å². The van der Waals surface area contributed by atoms with E-state index in [1.165, 1.54) is 23.6 Å². The number of nitrogens with one attached hydrogen (secondary N) is 2. The molecule has 0 aliphatic carbocycles. The first-order valence-electron chi connectivity index (χ1n) is 10.6. The number of carbonyl (C=O) groups excluding carboxylic acids is 3. The van der Waals surface area contributed by atoms with Gasteiger partial charge < -0.3 is 31.5 Å². The molecule has 0 spiro atoms. The van der Waals surface area contributed by atoms with Crippen molar-refractivity contribution in [2.24, 2.45) is 11.7 Å². The highest BCUT2D eigenvalue weighted by atomic mass is 32.2. The number of hydrogen-bond donors (Lipinski definition) is 5. The predicted molar refractivity (Wildman–Crippen MR) is 118 cm³/mol. The van der Waals surface area contributed by atoms with Crippen LogP contribution < -0.4 is 16.4 Å². The molecule has 3 amide bonds. The summed E-state index contributed by atoms with van der Waals surface area (Å²) in [5.74, 6) is -1.93. The van der Waals surface area contributed by atoms with Crippen LogP contribution in [0.4, 0.5) is 0 Å². The number of carboxylic acids is 1. The molecule has 5 unspecified atom stereocenters. The lowest BCUT2D eigenvalue weighted by atomic mass is 10.0. The summed E-state index contributed by atoms with van der Waals surface area (Å²) in [5.41, 5.74) is 5.95. The molecule has 1 aliphatic heterocycles. The van der Waals surface area contributed by atoms with Crippen molar-refractivity contribution in [2.75, 3.05) is 18.6 Å². The maximum Gasteiger partial charge on any atom is 0.328 e. The molecule has 31 heavy (non-hydrogen) atoms. The third-order valence-electron chi connectivity index (χ3n) is 5.17. The van der Waals surface area contributed by atoms with Crippen LogP contribution in [0.3, 0.4) is 0 Å². The van der Waals surface area contributed by atoms with E-state index >= 15 is 0 Å². The number of rotatable bonds is 12. The van der Waals surface area contributed by atoms with Gasteiger partial charge in [-0.25, -0.2) is 4.79 Å². The van der Waals surface area contributed by atoms with Crippen LogP contribution in [-0.2, 0) is 19.2 Å². The number of likely N-dealkylation sites (tertiary alicyclic amines) is 1. The normalized spacial score (nSPS) is 20.1. The number of thioether (sulfide) groups is 1. The van der Waals surface area contributed by atoms with Gasteiger partial charge in [-0.1, -0.05) is 13.8 Å². The molecule has 1 saturated heterocycles. The smallest absolute Gasteiger partial charge is 0.328 e. The fourth-order valence-corrected chi connectivity index (χ4v) is 4.00. The lowest BCUT2D eigenvalue weighted by Crippen LogP contribution is -2.58. The third kappa shape index (κ3) is 8.30. The Morgan fingerprint density at radius 2 is 1.84 bits per heavy atom. The van der Waals surface area contributed by atoms with Crippen molar-refractivity contribution < 1.29 is 29.4 Å². The van der Waals surface area contributed by atoms with Gasteiger partial charge in [-0.15, -0.1) is 0 Å². The standard InChI is InChI=1S/C20H36N4O6S/c1-11(2)10-13(21)17(26)22-14(7-9-31-4)19(28)24-8-5-6-15(24)18(27)23-16(12(3)25)20(29)30/h11-16,25H,5-10,21H2,1-4H3,(H,22,26)(H,23,27)(H,29,30). The number of amides is 3. The Balaban J connectivity index is 2.92. The fraction of sp³-hybridized carbons (Fsp3) is 0.800. The van der Waals surface area contributed by atoms with E-state index in [-0.39, 0.29) is 11.8 Å². The van der Waals surface area contributed by atoms with E-state index in [4.69, 9.17) is 5.73 Å². The van der Waals surface area contributed by atoms with Gasteiger partial charge in [0.05, 0.1) is 12.1 Å². The predicted octanol–water partition coefficient (Wildman–Crippen LogP) is -0.461. The molecule has 0 aromatic carbocycles. The molecule has 10 nitrogen and oxygen atoms in total. The molecule has 0 aromatic heterocycles. The summed E-state index contributed by atoms with van der Waals surface area (Å²) >= 11 is 1.53. The molecular weight excluding hydrogens is 424 g/mol. The molecule has 0 aromatic rings. The molecule has 1 rings (SSSR count). The Bertz CT molecular complexity index is 645. The SMILES string of the molecule is CSCCC(NC(=O)C(N)CC(C)C)C(=O)N1CCCC1C(=O)NC(C(=O)O)C(C)O. The van der Waals surface area contributed by atoms with Gasteiger partial charge >= 0.3 is 5.97 Å². The van der Waals surface area contributed by atoms with Crippen molar-refractivity contribution in [3.63, 3.8) is 0 Å². The Kier molecular flexibility index (Phi) is 11.3. The largest absolute Gasteiger partial charge is 0.480 e. The summed E-state index contributed by atoms with van der Waals surface area (Å²) < 4.78 is 0. The minimum Gasteiger partial charge on any atom is -0.480 e. The van der Waals surface area contributed by atoms with Gasteiger partial charge in [0.2, 0.25) is 17.7 Å². The summed E-state index contributed by atoms with van der Waals surface area (Å²) in [4.78, 5) is 51.1. The van der Waals surface area contributed by atoms with Crippen LogP contribution in [-0.4, -0.2) is 87.6 Å². The minimum absolute atomic E-state index is 0.226. The van der Waals surface area contributed by atoms with E-state index in [0.29, 0.717) is 38.0 Å². The first-order valence-corrected chi connectivity index (χ1v) is 12.0. The maximum absolute atomic E-state index is 13.2. The average Bonchev–Trinajstić information content (AvgIpc) is 3.17. The monoisotopic (exact) mass is 460 g/mol. The number of carbonyl (C=O) groups is 4. The number of carboxylic acid groups (broad SMARTS) is 1. The van der Waals surface area contributed by atoms with Gasteiger partial charge in [0, 0.05) is 6.54 Å². The minimum atomic E-state index is -1.47. The molecular formula is C20H36N4O6S. The van der Waals surface area contributed by atoms with Crippen molar-refractivity contribution >= 4 is 35.5 Å². The quantitative estimate of drug-likeness (QED) is 0.261. The summed E-state index contributed by atoms with van der Waals surface area (Å²) in [6, 6.07) is -3.87. The summed E-state index contributed by atoms with van der Waals surface area (Å²) in [6.45, 7) is 5.50. The Labute approximate surface area is 187 Å². The second-order valence-corrected chi connectivity index (χ2v) is 9.32. The lowest BCUT2D eigenvalue weighted by molar-refractivity contribution is -0.147. The molecule has 0 radical (unpaired) electrons. The van der Waals surface area contributed by atoms with Crippen molar-refractivity contribution in [1.82, 2.24) is 15.5 Å². The van der Waals surface area contributed by atoms with Crippen molar-refractivity contribution in [1.29, 1.82) is 0 Å². The van der Waals surface area contributed by atoms with Crippen LogP contribution in [0.2, 0.25) is 0 Å². The summed E-state index contributed by atoms with van der Waals surface area (Å²) in [5, 5.41) is 23.9. The number of nitrogens with two attached hydrogens (primary N) is 1. The zero-order chi connectivity index (χ0) is 23.7. The van der Waals surface area contributed by atoms with Crippen molar-refractivity contribution in [3.8, 4) is 0 Å². The highest BCUT2D eigenvalue weighted by Crippen LogP contribution is 2.20. The van der Waals surface area contributed by atoms with E-state index in [9.17, 15) is 29.4 Å². The molecule has 1 fully saturated rings. The van der Waals surface area contributed by atoms with E-state index < -0.39 is 48.1 Å². The molecule has 0 saturated carbocycles. The summed E-state index contributed by atoms with van der Waals surface area (Å²) in [7, 11) is 0. The molecule has 5 atom stereocenters. The third-order valence-corrected chi connectivity index (χ3v) is 5.82. The second kappa shape index (κ2) is 12.9. The van der Waals surface area contributed by atoms with Crippen molar-refractivity contribution in [2.45, 2.75) is 76.7 Å². The van der Waals surface area contributed by atoms with E-state index in [1.807, 2.05) is 20.1 Å². The van der Waals surface area contributed by atoms with Crippen molar-refractivity contribution in [3.05, 3.63) is 0 Å². The molecule has 178 valence electrons. The van der Waals surface area contributed by atoms with Crippen LogP contribution in [0.25, 0.3) is 0 Å². The summed E-state index contributed by atoms with van der Waals surface area (Å²) in [6.07, 6.45) is 2.42. The van der Waals surface area contributed by atoms with Gasteiger partial charge in [0.25, 0.3) is 0 Å². The highest BCUT2D eigenvalue weighted by molar-refractivity contribution is 7.98. The Hall–Kier alpha value is -1.85. The van der Waals surface area contributed by atoms with Gasteiger partial charge in [-0.3, -0.25) is 14.4 Å². The Morgan fingerprint density at radius 3 is 2.35 bits per heavy atom. The van der Waals surface area contributed by atoms with Crippen LogP contribution in [0.5, 0.6) is 0 Å². The molecule has 1 aliphatic rings. The zero-order valence-electron chi connectivity index (χ0n) is 18.7. The van der Waals surface area contributed by atoms with Crippen LogP contribution in [0, 0.1) is 5.92 Å². The second-order valence-electron chi connectivity index (χ2n) is 8.33. The number of hydrogen-bond acceptors (Lipinski definition) is 7.